The molecule has 2 heteroatoms. The normalized spacial score (nSPS) is 46.7. The average molecular weight is 443 g/mol. The lowest BCUT2D eigenvalue weighted by Crippen LogP contribution is -2.58. The summed E-state index contributed by atoms with van der Waals surface area (Å²) in [5, 5.41) is 20.1. The molecule has 0 aromatic rings. The van der Waals surface area contributed by atoms with Gasteiger partial charge < -0.3 is 10.2 Å². The van der Waals surface area contributed by atoms with E-state index < -0.39 is 0 Å². The average Bonchev–Trinajstić information content (AvgIpc) is 3.02. The first-order chi connectivity index (χ1) is 14.9. The highest BCUT2D eigenvalue weighted by Gasteiger charge is 2.65. The van der Waals surface area contributed by atoms with Crippen LogP contribution in [0.2, 0.25) is 0 Å². The van der Waals surface area contributed by atoms with Crippen LogP contribution >= 0.6 is 0 Å². The highest BCUT2D eigenvalue weighted by molar-refractivity contribution is 5.33. The van der Waals surface area contributed by atoms with Crippen molar-refractivity contribution in [1.82, 2.24) is 0 Å². The van der Waals surface area contributed by atoms with Crippen LogP contribution in [0.5, 0.6) is 0 Å². The second-order valence-electron chi connectivity index (χ2n) is 13.6. The maximum absolute atomic E-state index is 10.8. The van der Waals surface area contributed by atoms with Gasteiger partial charge in [0.1, 0.15) is 0 Å². The lowest BCUT2D eigenvalue weighted by atomic mass is 9.41. The molecule has 0 heterocycles. The molecule has 0 amide bonds. The van der Waals surface area contributed by atoms with Gasteiger partial charge in [-0.1, -0.05) is 64.8 Å². The molecule has 4 aliphatic carbocycles. The van der Waals surface area contributed by atoms with Gasteiger partial charge in [0, 0.05) is 0 Å². The third-order valence-corrected chi connectivity index (χ3v) is 11.9. The number of allylic oxidation sites excluding steroid dienone is 3. The topological polar surface area (TPSA) is 40.5 Å². The molecule has 0 radical (unpaired) electrons. The molecular weight excluding hydrogens is 392 g/mol. The molecule has 2 N–H and O–H groups in total. The molecule has 0 aromatic carbocycles. The molecule has 0 aliphatic heterocycles. The first kappa shape index (κ1) is 24.5. The molecule has 32 heavy (non-hydrogen) atoms. The van der Waals surface area contributed by atoms with Crippen LogP contribution in [0.3, 0.4) is 0 Å². The van der Waals surface area contributed by atoms with E-state index in [9.17, 15) is 10.2 Å². The van der Waals surface area contributed by atoms with Crippen LogP contribution in [0.1, 0.15) is 106 Å². The fourth-order valence-corrected chi connectivity index (χ4v) is 9.51. The highest BCUT2D eigenvalue weighted by Crippen LogP contribution is 2.73. The van der Waals surface area contributed by atoms with Gasteiger partial charge in [0.25, 0.3) is 0 Å². The van der Waals surface area contributed by atoms with Gasteiger partial charge in [0.05, 0.1) is 12.7 Å². The van der Waals surface area contributed by atoms with E-state index in [1.54, 1.807) is 0 Å². The van der Waals surface area contributed by atoms with Gasteiger partial charge in [-0.3, -0.25) is 0 Å². The number of rotatable bonds is 5. The summed E-state index contributed by atoms with van der Waals surface area (Å²) in [5.41, 5.74) is 4.01. The van der Waals surface area contributed by atoms with Crippen molar-refractivity contribution >= 4 is 0 Å². The first-order valence-corrected chi connectivity index (χ1v) is 13.6. The van der Waals surface area contributed by atoms with Crippen LogP contribution in [-0.2, 0) is 0 Å². The molecule has 0 aromatic heterocycles. The smallest absolute Gasteiger partial charge is 0.0639 e. The molecule has 182 valence electrons. The van der Waals surface area contributed by atoms with Crippen LogP contribution in [-0.4, -0.2) is 22.9 Å². The largest absolute Gasteiger partial charge is 0.393 e. The Morgan fingerprint density at radius 3 is 2.50 bits per heavy atom. The number of aliphatic hydroxyl groups excluding tert-OH is 2. The SMILES string of the molecule is C/C(=C/CC[C@H](C)[C@@H]1CC[C@]2(C)C3=CC[C@H]4C(C)(C)[C@@H](O)CC[C@]4(C)[C@H]3CC[C@@]12C)CO. The monoisotopic (exact) mass is 442 g/mol. The molecule has 0 unspecified atom stereocenters. The molecule has 0 bridgehead atoms. The third kappa shape index (κ3) is 3.41. The maximum Gasteiger partial charge on any atom is 0.0639 e. The molecule has 8 atom stereocenters. The Morgan fingerprint density at radius 2 is 1.81 bits per heavy atom. The lowest BCUT2D eigenvalue weighted by molar-refractivity contribution is -0.131. The van der Waals surface area contributed by atoms with Crippen LogP contribution in [0.25, 0.3) is 0 Å². The van der Waals surface area contributed by atoms with Crippen molar-refractivity contribution in [3.05, 3.63) is 23.3 Å². The Morgan fingerprint density at radius 1 is 1.09 bits per heavy atom. The molecule has 4 aliphatic rings. The number of fused-ring (bicyclic) bond motifs is 5. The lowest BCUT2D eigenvalue weighted by Gasteiger charge is -2.64. The van der Waals surface area contributed by atoms with Crippen molar-refractivity contribution in [2.24, 2.45) is 45.3 Å². The molecule has 3 saturated carbocycles. The Kier molecular flexibility index (Phi) is 6.33. The zero-order valence-electron chi connectivity index (χ0n) is 22.0. The van der Waals surface area contributed by atoms with E-state index in [1.807, 2.05) is 12.5 Å². The summed E-state index contributed by atoms with van der Waals surface area (Å²) >= 11 is 0. The summed E-state index contributed by atoms with van der Waals surface area (Å²) in [4.78, 5) is 0. The van der Waals surface area contributed by atoms with Crippen LogP contribution in [0.4, 0.5) is 0 Å². The molecule has 0 saturated heterocycles. The van der Waals surface area contributed by atoms with E-state index >= 15 is 0 Å². The minimum absolute atomic E-state index is 0.0175. The summed E-state index contributed by atoms with van der Waals surface area (Å²) in [7, 11) is 0. The predicted octanol–water partition coefficient (Wildman–Crippen LogP) is 7.31. The molecule has 2 nitrogen and oxygen atoms in total. The van der Waals surface area contributed by atoms with Gasteiger partial charge in [-0.15, -0.1) is 0 Å². The Labute approximate surface area is 198 Å². The first-order valence-electron chi connectivity index (χ1n) is 13.6. The fraction of sp³-hybridized carbons (Fsp3) is 0.867. The van der Waals surface area contributed by atoms with Crippen LogP contribution < -0.4 is 0 Å². The predicted molar refractivity (Wildman–Crippen MR) is 134 cm³/mol. The minimum atomic E-state index is -0.153. The Hall–Kier alpha value is -0.600. The van der Waals surface area contributed by atoms with Crippen molar-refractivity contribution in [3.8, 4) is 0 Å². The number of hydrogen-bond acceptors (Lipinski definition) is 2. The third-order valence-electron chi connectivity index (χ3n) is 11.9. The van der Waals surface area contributed by atoms with Crippen molar-refractivity contribution in [2.45, 2.75) is 112 Å². The summed E-state index contributed by atoms with van der Waals surface area (Å²) < 4.78 is 0. The minimum Gasteiger partial charge on any atom is -0.393 e. The number of hydrogen-bond donors (Lipinski definition) is 2. The van der Waals surface area contributed by atoms with Crippen LogP contribution in [0.15, 0.2) is 23.3 Å². The zero-order valence-corrected chi connectivity index (χ0v) is 22.0. The van der Waals surface area contributed by atoms with E-state index in [0.29, 0.717) is 28.1 Å². The fourth-order valence-electron chi connectivity index (χ4n) is 9.51. The highest BCUT2D eigenvalue weighted by atomic mass is 16.3. The molecule has 0 spiro atoms. The van der Waals surface area contributed by atoms with Crippen molar-refractivity contribution in [1.29, 1.82) is 0 Å². The van der Waals surface area contributed by atoms with Gasteiger partial charge in [-0.05, 0) is 110 Å². The van der Waals surface area contributed by atoms with E-state index in [-0.39, 0.29) is 18.1 Å². The van der Waals surface area contributed by atoms with E-state index in [1.165, 1.54) is 38.5 Å². The van der Waals surface area contributed by atoms with E-state index in [4.69, 9.17) is 0 Å². The molecule has 3 fully saturated rings. The van der Waals surface area contributed by atoms with E-state index in [0.717, 1.165) is 36.7 Å². The van der Waals surface area contributed by atoms with Crippen molar-refractivity contribution in [3.63, 3.8) is 0 Å². The van der Waals surface area contributed by atoms with Gasteiger partial charge in [0.2, 0.25) is 0 Å². The van der Waals surface area contributed by atoms with Gasteiger partial charge in [-0.25, -0.2) is 0 Å². The van der Waals surface area contributed by atoms with Crippen molar-refractivity contribution in [2.75, 3.05) is 6.61 Å². The summed E-state index contributed by atoms with van der Waals surface area (Å²) in [6.45, 7) is 17.2. The van der Waals surface area contributed by atoms with E-state index in [2.05, 4.69) is 53.7 Å². The maximum atomic E-state index is 10.8. The summed E-state index contributed by atoms with van der Waals surface area (Å²) in [5.74, 6) is 2.83. The quantitative estimate of drug-likeness (QED) is 0.438. The van der Waals surface area contributed by atoms with Crippen LogP contribution in [0, 0.1) is 45.3 Å². The van der Waals surface area contributed by atoms with Gasteiger partial charge in [0.15, 0.2) is 0 Å². The zero-order chi connectivity index (χ0) is 23.5. The number of aliphatic hydroxyl groups is 2. The summed E-state index contributed by atoms with van der Waals surface area (Å²) in [6.07, 6.45) is 15.8. The van der Waals surface area contributed by atoms with Gasteiger partial charge in [-0.2, -0.15) is 0 Å². The second kappa shape index (κ2) is 8.26. The van der Waals surface area contributed by atoms with Gasteiger partial charge >= 0.3 is 0 Å². The molecular formula is C30H50O2. The molecule has 4 rings (SSSR count). The summed E-state index contributed by atoms with van der Waals surface area (Å²) in [6, 6.07) is 0. The standard InChI is InChI=1S/C30H50O2/c1-20(19-31)9-8-10-21(2)22-13-17-30(7)24-11-12-25-27(3,4)26(32)15-16-28(25,5)23(24)14-18-29(22,30)6/h9,11,21-23,25-26,31-32H,8,10,12-19H2,1-7H3/b20-9-/t21-,22-,23-,25-,26-,28+,29-,30+/m0/s1. The Balaban J connectivity index is 1.59. The van der Waals surface area contributed by atoms with Crippen molar-refractivity contribution < 1.29 is 10.2 Å². The second-order valence-corrected chi connectivity index (χ2v) is 13.6. The Bertz CT molecular complexity index is 778.